The molecule has 1 amide bonds. The Morgan fingerprint density at radius 1 is 1.15 bits per heavy atom. The highest BCUT2D eigenvalue weighted by Gasteiger charge is 2.44. The second-order valence-corrected chi connectivity index (χ2v) is 18.1. The van der Waals surface area contributed by atoms with Crippen molar-refractivity contribution in [3.8, 4) is 16.9 Å². The van der Waals surface area contributed by atoms with Gasteiger partial charge in [0.05, 0.1) is 12.7 Å². The van der Waals surface area contributed by atoms with Crippen LogP contribution in [0.25, 0.3) is 22.2 Å². The summed E-state index contributed by atoms with van der Waals surface area (Å²) in [4.78, 5) is 22.7. The van der Waals surface area contributed by atoms with Crippen molar-refractivity contribution in [1.29, 1.82) is 0 Å². The summed E-state index contributed by atoms with van der Waals surface area (Å²) >= 11 is 0. The third-order valence-electron chi connectivity index (χ3n) is 8.01. The van der Waals surface area contributed by atoms with Crippen LogP contribution in [0.4, 0.5) is 10.2 Å². The predicted octanol–water partition coefficient (Wildman–Crippen LogP) is 4.99. The number of piperazine rings is 1. The van der Waals surface area contributed by atoms with Crippen LogP contribution in [0.15, 0.2) is 36.5 Å². The van der Waals surface area contributed by atoms with Gasteiger partial charge < -0.3 is 29.2 Å². The molecule has 216 valence electrons. The van der Waals surface area contributed by atoms with Crippen molar-refractivity contribution in [2.75, 3.05) is 58.8 Å². The summed E-state index contributed by atoms with van der Waals surface area (Å²) in [5.41, 5.74) is 1.70. The summed E-state index contributed by atoms with van der Waals surface area (Å²) in [7, 11) is 2.45. The Morgan fingerprint density at radius 2 is 1.93 bits per heavy atom. The van der Waals surface area contributed by atoms with Gasteiger partial charge in [0.2, 0.25) is 5.91 Å². The van der Waals surface area contributed by atoms with Crippen molar-refractivity contribution in [2.45, 2.75) is 38.8 Å². The van der Waals surface area contributed by atoms with Crippen molar-refractivity contribution in [3.05, 3.63) is 42.3 Å². The van der Waals surface area contributed by atoms with Gasteiger partial charge >= 0.3 is 0 Å². The third-order valence-corrected chi connectivity index (χ3v) is 9.72. The monoisotopic (exact) mass is 567 g/mol. The predicted molar refractivity (Wildman–Crippen MR) is 160 cm³/mol. The number of rotatable bonds is 11. The molecule has 1 aliphatic carbocycles. The van der Waals surface area contributed by atoms with Crippen LogP contribution in [-0.4, -0.2) is 86.8 Å². The van der Waals surface area contributed by atoms with Gasteiger partial charge in [0.1, 0.15) is 29.8 Å². The quantitative estimate of drug-likeness (QED) is 0.260. The Kier molecular flexibility index (Phi) is 8.60. The average Bonchev–Trinajstić information content (AvgIpc) is 3.60. The molecule has 0 bridgehead atoms. The maximum Gasteiger partial charge on any atom is 0.228 e. The molecule has 40 heavy (non-hydrogen) atoms. The number of methoxy groups -OCH3 is 1. The molecular weight excluding hydrogens is 525 g/mol. The lowest BCUT2D eigenvalue weighted by atomic mass is 10.0. The molecule has 1 saturated heterocycles. The summed E-state index contributed by atoms with van der Waals surface area (Å²) in [5, 5.41) is 3.82. The van der Waals surface area contributed by atoms with E-state index < -0.39 is 8.07 Å². The minimum atomic E-state index is -1.24. The average molecular weight is 568 g/mol. The molecule has 3 aromatic rings. The van der Waals surface area contributed by atoms with Gasteiger partial charge in [-0.3, -0.25) is 4.79 Å². The summed E-state index contributed by atoms with van der Waals surface area (Å²) in [6, 6.07) is 9.56. The number of anilines is 1. The first-order valence-electron chi connectivity index (χ1n) is 14.3. The molecular formula is C30H42FN5O3Si. The number of amides is 1. The SMILES string of the molecule is COc1cccc(F)c1-c1cn(COCC[Si](C)(C)C)c2nc(NC(=O)[C@@H]3C[C@H]3CN3CCN(C)CC3)ccc12. The van der Waals surface area contributed by atoms with E-state index in [-0.39, 0.29) is 24.4 Å². The van der Waals surface area contributed by atoms with Crippen LogP contribution in [0.2, 0.25) is 25.7 Å². The molecule has 1 aliphatic heterocycles. The molecule has 8 nitrogen and oxygen atoms in total. The highest BCUT2D eigenvalue weighted by atomic mass is 28.3. The number of halogens is 1. The number of pyridine rings is 1. The number of nitrogens with one attached hydrogen (secondary N) is 1. The molecule has 2 fully saturated rings. The molecule has 3 heterocycles. The number of aromatic nitrogens is 2. The Balaban J connectivity index is 1.35. The number of ether oxygens (including phenoxy) is 2. The number of nitrogens with zero attached hydrogens (tertiary/aromatic N) is 4. The molecule has 5 rings (SSSR count). The first kappa shape index (κ1) is 28.7. The van der Waals surface area contributed by atoms with Crippen molar-refractivity contribution < 1.29 is 18.7 Å². The second kappa shape index (κ2) is 12.0. The van der Waals surface area contributed by atoms with E-state index in [1.54, 1.807) is 18.2 Å². The molecule has 0 unspecified atom stereocenters. The number of carbonyl (C=O) groups is 1. The molecule has 0 radical (unpaired) electrons. The van der Waals surface area contributed by atoms with Crippen LogP contribution >= 0.6 is 0 Å². The molecule has 0 spiro atoms. The number of hydrogen-bond acceptors (Lipinski definition) is 6. The largest absolute Gasteiger partial charge is 0.496 e. The number of likely N-dealkylation sites (N-methyl/N-ethyl adjacent to an activating group) is 1. The fraction of sp³-hybridized carbons (Fsp3) is 0.533. The summed E-state index contributed by atoms with van der Waals surface area (Å²) in [6.45, 7) is 13.1. The lowest BCUT2D eigenvalue weighted by Gasteiger charge is -2.32. The lowest BCUT2D eigenvalue weighted by molar-refractivity contribution is -0.117. The van der Waals surface area contributed by atoms with Crippen molar-refractivity contribution in [1.82, 2.24) is 19.4 Å². The summed E-state index contributed by atoms with van der Waals surface area (Å²) < 4.78 is 28.5. The number of benzene rings is 1. The lowest BCUT2D eigenvalue weighted by Crippen LogP contribution is -2.45. The van der Waals surface area contributed by atoms with E-state index in [1.807, 2.05) is 16.8 Å². The first-order valence-corrected chi connectivity index (χ1v) is 18.0. The van der Waals surface area contributed by atoms with Crippen LogP contribution in [0, 0.1) is 17.7 Å². The zero-order valence-electron chi connectivity index (χ0n) is 24.4. The fourth-order valence-corrected chi connectivity index (χ4v) is 6.12. The topological polar surface area (TPSA) is 71.9 Å². The van der Waals surface area contributed by atoms with Crippen molar-refractivity contribution >= 4 is 30.8 Å². The van der Waals surface area contributed by atoms with Gasteiger partial charge in [0, 0.05) is 70.5 Å². The normalized spacial score (nSPS) is 20.1. The number of carbonyl (C=O) groups excluding carboxylic acids is 1. The van der Waals surface area contributed by atoms with E-state index in [9.17, 15) is 4.79 Å². The Hall–Kier alpha value is -2.79. The van der Waals surface area contributed by atoms with Gasteiger partial charge in [-0.05, 0) is 49.7 Å². The molecule has 1 aromatic carbocycles. The van der Waals surface area contributed by atoms with Gasteiger partial charge in [-0.15, -0.1) is 0 Å². The molecule has 1 saturated carbocycles. The smallest absolute Gasteiger partial charge is 0.228 e. The summed E-state index contributed by atoms with van der Waals surface area (Å²) in [6.07, 6.45) is 2.78. The van der Waals surface area contributed by atoms with Crippen LogP contribution in [0.3, 0.4) is 0 Å². The van der Waals surface area contributed by atoms with Crippen LogP contribution in [0.1, 0.15) is 6.42 Å². The molecule has 10 heteroatoms. The first-order chi connectivity index (χ1) is 19.1. The second-order valence-electron chi connectivity index (χ2n) is 12.4. The van der Waals surface area contributed by atoms with Gasteiger partial charge in [-0.1, -0.05) is 25.7 Å². The van der Waals surface area contributed by atoms with Crippen LogP contribution in [0.5, 0.6) is 5.75 Å². The number of hydrogen-bond donors (Lipinski definition) is 1. The maximum atomic E-state index is 15.1. The van der Waals surface area contributed by atoms with E-state index in [0.29, 0.717) is 40.9 Å². The van der Waals surface area contributed by atoms with E-state index >= 15 is 4.39 Å². The Labute approximate surface area is 237 Å². The van der Waals surface area contributed by atoms with E-state index in [1.165, 1.54) is 13.2 Å². The van der Waals surface area contributed by atoms with E-state index in [0.717, 1.165) is 50.6 Å². The summed E-state index contributed by atoms with van der Waals surface area (Å²) in [5.74, 6) is 1.03. The van der Waals surface area contributed by atoms with Gasteiger partial charge in [-0.25, -0.2) is 9.37 Å². The number of fused-ring (bicyclic) bond motifs is 1. The highest BCUT2D eigenvalue weighted by Crippen LogP contribution is 2.41. The van der Waals surface area contributed by atoms with Gasteiger partial charge in [0.15, 0.2) is 0 Å². The molecule has 2 aliphatic rings. The van der Waals surface area contributed by atoms with Gasteiger partial charge in [-0.2, -0.15) is 0 Å². The van der Waals surface area contributed by atoms with Crippen molar-refractivity contribution in [3.63, 3.8) is 0 Å². The van der Waals surface area contributed by atoms with Gasteiger partial charge in [0.25, 0.3) is 0 Å². The maximum absolute atomic E-state index is 15.1. The Bertz CT molecular complexity index is 1350. The van der Waals surface area contributed by atoms with Crippen LogP contribution in [-0.2, 0) is 16.3 Å². The standard InChI is InChI=1S/C30H42FN5O3Si/c1-34-11-13-35(14-12-34)18-21-17-23(21)30(37)33-27-10-9-22-24(28-25(31)7-6-8-26(28)38-2)19-36(29(22)32-27)20-39-15-16-40(3,4)5/h6-10,19,21,23H,11-18,20H2,1-5H3,(H,32,33,37)/t21-,23+/m0/s1. The zero-order chi connectivity index (χ0) is 28.4. The van der Waals surface area contributed by atoms with Crippen LogP contribution < -0.4 is 10.1 Å². The van der Waals surface area contributed by atoms with E-state index in [2.05, 4.69) is 41.8 Å². The molecule has 2 aromatic heterocycles. The van der Waals surface area contributed by atoms with E-state index in [4.69, 9.17) is 14.5 Å². The highest BCUT2D eigenvalue weighted by molar-refractivity contribution is 6.76. The molecule has 1 N–H and O–H groups in total. The molecule has 2 atom stereocenters. The Morgan fingerprint density at radius 3 is 2.65 bits per heavy atom. The van der Waals surface area contributed by atoms with Crippen molar-refractivity contribution in [2.24, 2.45) is 11.8 Å². The minimum Gasteiger partial charge on any atom is -0.496 e. The zero-order valence-corrected chi connectivity index (χ0v) is 25.4. The minimum absolute atomic E-state index is 0.0199. The fourth-order valence-electron chi connectivity index (χ4n) is 5.36. The third kappa shape index (κ3) is 6.74.